The van der Waals surface area contributed by atoms with Gasteiger partial charge in [-0.05, 0) is 122 Å². The van der Waals surface area contributed by atoms with E-state index in [-0.39, 0.29) is 31.6 Å². The number of allylic oxidation sites excluding steroid dienone is 25. The van der Waals surface area contributed by atoms with Crippen LogP contribution >= 0.6 is 0 Å². The number of rotatable bonds is 45. The molecule has 0 N–H and O–H groups in total. The van der Waals surface area contributed by atoms with Crippen LogP contribution in [0.3, 0.4) is 0 Å². The minimum Gasteiger partial charge on any atom is -0.462 e. The Morgan fingerprint density at radius 3 is 1.09 bits per heavy atom. The van der Waals surface area contributed by atoms with Crippen LogP contribution in [-0.2, 0) is 23.8 Å². The molecule has 0 rings (SSSR count). The molecule has 0 radical (unpaired) electrons. The Balaban J connectivity index is 4.52. The van der Waals surface area contributed by atoms with Gasteiger partial charge in [0.1, 0.15) is 6.61 Å². The molecule has 0 saturated heterocycles. The van der Waals surface area contributed by atoms with Gasteiger partial charge < -0.3 is 14.2 Å². The molecular weight excluding hydrogens is 813 g/mol. The maximum Gasteiger partial charge on any atom is 0.310 e. The molecule has 1 unspecified atom stereocenters. The Hall–Kier alpha value is -4.48. The predicted molar refractivity (Wildman–Crippen MR) is 288 cm³/mol. The first kappa shape index (κ1) is 61.5. The summed E-state index contributed by atoms with van der Waals surface area (Å²) in [5.41, 5.74) is 0. The Bertz CT molecular complexity index is 1490. The molecule has 0 spiro atoms. The minimum atomic E-state index is -0.630. The van der Waals surface area contributed by atoms with Crippen LogP contribution in [0.2, 0.25) is 0 Å². The van der Waals surface area contributed by atoms with Gasteiger partial charge in [-0.25, -0.2) is 0 Å². The van der Waals surface area contributed by atoms with E-state index in [9.17, 15) is 9.59 Å². The second kappa shape index (κ2) is 54.9. The SMILES string of the molecule is CC/C=C\C/C=C\C/C=C\C/C=C\C/C=C\CCCCOCC(COC(=O)CCCCCCCCC/C=C\C/C=C\C/C=C\CC)OC(=O)C/C=C\C/C=C\C/C=C\C/C=C\C/C=C\CC. The lowest BCUT2D eigenvalue weighted by Crippen LogP contribution is -2.29. The van der Waals surface area contributed by atoms with Gasteiger partial charge >= 0.3 is 11.9 Å². The molecule has 0 aliphatic rings. The Kier molecular flexibility index (Phi) is 51.1. The third kappa shape index (κ3) is 52.1. The highest BCUT2D eigenvalue weighted by Gasteiger charge is 2.17. The summed E-state index contributed by atoms with van der Waals surface area (Å²) in [7, 11) is 0. The summed E-state index contributed by atoms with van der Waals surface area (Å²) < 4.78 is 17.2. The monoisotopic (exact) mass is 907 g/mol. The Morgan fingerprint density at radius 1 is 0.348 bits per heavy atom. The normalized spacial score (nSPS) is 13.6. The lowest BCUT2D eigenvalue weighted by atomic mass is 10.1. The second-order valence-electron chi connectivity index (χ2n) is 16.3. The maximum absolute atomic E-state index is 12.8. The Labute approximate surface area is 405 Å². The molecule has 0 aromatic rings. The van der Waals surface area contributed by atoms with Crippen molar-refractivity contribution in [2.75, 3.05) is 19.8 Å². The van der Waals surface area contributed by atoms with Crippen molar-refractivity contribution < 1.29 is 23.8 Å². The highest BCUT2D eigenvalue weighted by Crippen LogP contribution is 2.12. The average Bonchev–Trinajstić information content (AvgIpc) is 3.32. The average molecular weight is 907 g/mol. The van der Waals surface area contributed by atoms with Crippen LogP contribution in [0.4, 0.5) is 0 Å². The summed E-state index contributed by atoms with van der Waals surface area (Å²) >= 11 is 0. The summed E-state index contributed by atoms with van der Waals surface area (Å²) in [5.74, 6) is -0.594. The van der Waals surface area contributed by atoms with Crippen molar-refractivity contribution in [2.45, 2.75) is 194 Å². The summed E-state index contributed by atoms with van der Waals surface area (Å²) in [4.78, 5) is 25.4. The van der Waals surface area contributed by atoms with Crippen LogP contribution in [-0.4, -0.2) is 37.9 Å². The smallest absolute Gasteiger partial charge is 0.310 e. The van der Waals surface area contributed by atoms with E-state index in [0.29, 0.717) is 13.0 Å². The van der Waals surface area contributed by atoms with Gasteiger partial charge in [0.05, 0.1) is 13.0 Å². The molecule has 368 valence electrons. The molecule has 0 saturated carbocycles. The maximum atomic E-state index is 12.8. The molecule has 0 aliphatic heterocycles. The quantitative estimate of drug-likeness (QED) is 0.0346. The largest absolute Gasteiger partial charge is 0.462 e. The third-order valence-corrected chi connectivity index (χ3v) is 10.1. The fraction of sp³-hybridized carbons (Fsp3) is 0.541. The van der Waals surface area contributed by atoms with Crippen molar-refractivity contribution in [2.24, 2.45) is 0 Å². The zero-order valence-corrected chi connectivity index (χ0v) is 42.1. The molecular formula is C61H94O5. The van der Waals surface area contributed by atoms with Crippen molar-refractivity contribution in [3.05, 3.63) is 158 Å². The Morgan fingerprint density at radius 2 is 0.682 bits per heavy atom. The van der Waals surface area contributed by atoms with Gasteiger partial charge in [-0.15, -0.1) is 0 Å². The number of hydrogen-bond donors (Lipinski definition) is 0. The molecule has 5 heteroatoms. The minimum absolute atomic E-state index is 0.0112. The standard InChI is InChI=1S/C61H94O5/c1-4-7-10-13-16-19-22-25-28-30-32-35-38-41-44-47-50-53-56-64-57-59(66-61(63)55-52-49-46-43-40-37-33-27-24-21-18-15-12-9-6-3)58-65-60(62)54-51-48-45-42-39-36-34-31-29-26-23-20-17-14-11-8-5-2/h7-12,16-21,25-29,32-33,35,40-41,43-44,49,52,59H,4-6,13-15,22-24,30-31,34,36-39,42,45-48,50-51,53-58H2,1-3H3/b10-7-,11-8-,12-9-,19-16-,20-17-,21-18-,28-25-,29-26-,33-27-,35-32-,43-40-,44-41-,52-49-. The van der Waals surface area contributed by atoms with Crippen molar-refractivity contribution in [3.63, 3.8) is 0 Å². The number of unbranched alkanes of at least 4 members (excludes halogenated alkanes) is 9. The number of hydrogen-bond acceptors (Lipinski definition) is 5. The van der Waals surface area contributed by atoms with Crippen molar-refractivity contribution in [1.29, 1.82) is 0 Å². The summed E-state index contributed by atoms with van der Waals surface area (Å²) in [6.45, 7) is 7.24. The van der Waals surface area contributed by atoms with E-state index in [0.717, 1.165) is 128 Å². The topological polar surface area (TPSA) is 61.8 Å². The number of carbonyl (C=O) groups is 2. The van der Waals surface area contributed by atoms with Gasteiger partial charge in [0.2, 0.25) is 0 Å². The first-order chi connectivity index (χ1) is 32.6. The van der Waals surface area contributed by atoms with E-state index >= 15 is 0 Å². The van der Waals surface area contributed by atoms with Crippen molar-refractivity contribution in [1.82, 2.24) is 0 Å². The molecule has 0 aromatic heterocycles. The van der Waals surface area contributed by atoms with Crippen LogP contribution in [0.25, 0.3) is 0 Å². The number of ether oxygens (including phenoxy) is 3. The van der Waals surface area contributed by atoms with E-state index in [4.69, 9.17) is 14.2 Å². The van der Waals surface area contributed by atoms with E-state index < -0.39 is 6.10 Å². The molecule has 5 nitrogen and oxygen atoms in total. The van der Waals surface area contributed by atoms with Crippen LogP contribution < -0.4 is 0 Å². The van der Waals surface area contributed by atoms with Gasteiger partial charge in [-0.3, -0.25) is 9.59 Å². The van der Waals surface area contributed by atoms with E-state index in [1.807, 2.05) is 12.2 Å². The summed E-state index contributed by atoms with van der Waals surface area (Å²) in [6, 6.07) is 0. The number of carbonyl (C=O) groups excluding carboxylic acids is 2. The van der Waals surface area contributed by atoms with Crippen molar-refractivity contribution in [3.8, 4) is 0 Å². The zero-order valence-electron chi connectivity index (χ0n) is 42.1. The molecule has 0 aliphatic carbocycles. The predicted octanol–water partition coefficient (Wildman–Crippen LogP) is 17.9. The molecule has 0 heterocycles. The molecule has 0 aromatic carbocycles. The lowest BCUT2D eigenvalue weighted by Gasteiger charge is -2.18. The molecule has 66 heavy (non-hydrogen) atoms. The highest BCUT2D eigenvalue weighted by molar-refractivity contribution is 5.71. The molecule has 0 fully saturated rings. The zero-order chi connectivity index (χ0) is 47.7. The molecule has 1 atom stereocenters. The molecule has 0 amide bonds. The van der Waals surface area contributed by atoms with E-state index in [2.05, 4.69) is 167 Å². The first-order valence-electron chi connectivity index (χ1n) is 26.0. The number of esters is 2. The summed E-state index contributed by atoms with van der Waals surface area (Å²) in [6.07, 6.45) is 81.4. The third-order valence-electron chi connectivity index (χ3n) is 10.1. The summed E-state index contributed by atoms with van der Waals surface area (Å²) in [5, 5.41) is 0. The van der Waals surface area contributed by atoms with Crippen LogP contribution in [0.5, 0.6) is 0 Å². The van der Waals surface area contributed by atoms with Crippen LogP contribution in [0.15, 0.2) is 158 Å². The van der Waals surface area contributed by atoms with Gasteiger partial charge in [0, 0.05) is 13.0 Å². The first-order valence-corrected chi connectivity index (χ1v) is 26.0. The van der Waals surface area contributed by atoms with Gasteiger partial charge in [0.25, 0.3) is 0 Å². The highest BCUT2D eigenvalue weighted by atomic mass is 16.6. The van der Waals surface area contributed by atoms with Gasteiger partial charge in [0.15, 0.2) is 6.10 Å². The van der Waals surface area contributed by atoms with Crippen molar-refractivity contribution >= 4 is 11.9 Å². The fourth-order valence-corrected chi connectivity index (χ4v) is 6.33. The molecule has 0 bridgehead atoms. The fourth-order valence-electron chi connectivity index (χ4n) is 6.33. The van der Waals surface area contributed by atoms with Crippen LogP contribution in [0.1, 0.15) is 188 Å². The second-order valence-corrected chi connectivity index (χ2v) is 16.3. The lowest BCUT2D eigenvalue weighted by molar-refractivity contribution is -0.162. The van der Waals surface area contributed by atoms with E-state index in [1.165, 1.54) is 25.7 Å². The van der Waals surface area contributed by atoms with Gasteiger partial charge in [-0.1, -0.05) is 211 Å². The van der Waals surface area contributed by atoms with Crippen LogP contribution in [0, 0.1) is 0 Å². The van der Waals surface area contributed by atoms with E-state index in [1.54, 1.807) is 0 Å². The van der Waals surface area contributed by atoms with Gasteiger partial charge in [-0.2, -0.15) is 0 Å².